The molecular weight excluding hydrogens is 242 g/mol. The van der Waals surface area contributed by atoms with Gasteiger partial charge in [0.1, 0.15) is 11.6 Å². The van der Waals surface area contributed by atoms with Crippen LogP contribution in [-0.4, -0.2) is 25.8 Å². The van der Waals surface area contributed by atoms with Gasteiger partial charge in [-0.05, 0) is 12.8 Å². The number of hydrogen-bond acceptors (Lipinski definition) is 3. The van der Waals surface area contributed by atoms with Gasteiger partial charge in [0.25, 0.3) is 0 Å². The normalized spacial score (nSPS) is 18.3. The minimum absolute atomic E-state index is 0.276. The maximum absolute atomic E-state index is 11.1. The number of aromatic nitrogens is 3. The van der Waals surface area contributed by atoms with Crippen LogP contribution in [0.15, 0.2) is 0 Å². The molecule has 0 saturated carbocycles. The van der Waals surface area contributed by atoms with Gasteiger partial charge in [0, 0.05) is 19.4 Å². The Kier molecular flexibility index (Phi) is 4.93. The van der Waals surface area contributed by atoms with Crippen LogP contribution in [0, 0.1) is 5.92 Å². The molecule has 1 aliphatic heterocycles. The van der Waals surface area contributed by atoms with Crippen LogP contribution in [0.3, 0.4) is 0 Å². The van der Waals surface area contributed by atoms with Gasteiger partial charge in [-0.1, -0.05) is 32.6 Å². The molecule has 1 aromatic heterocycles. The smallest absolute Gasteiger partial charge is 0.308 e. The van der Waals surface area contributed by atoms with E-state index in [4.69, 9.17) is 5.11 Å². The lowest BCUT2D eigenvalue weighted by Gasteiger charge is -2.21. The molecule has 1 aliphatic rings. The third-order valence-corrected chi connectivity index (χ3v) is 3.88. The molecule has 1 aromatic rings. The first-order valence-corrected chi connectivity index (χ1v) is 7.36. The number of hydrogen-bond donors (Lipinski definition) is 1. The van der Waals surface area contributed by atoms with Crippen LogP contribution >= 0.6 is 0 Å². The molecule has 0 spiro atoms. The van der Waals surface area contributed by atoms with Crippen LogP contribution < -0.4 is 0 Å². The minimum Gasteiger partial charge on any atom is -0.481 e. The lowest BCUT2D eigenvalue weighted by Crippen LogP contribution is -2.27. The molecule has 0 radical (unpaired) electrons. The summed E-state index contributed by atoms with van der Waals surface area (Å²) < 4.78 is 2.03. The molecule has 1 unspecified atom stereocenters. The van der Waals surface area contributed by atoms with E-state index in [1.54, 1.807) is 0 Å². The maximum Gasteiger partial charge on any atom is 0.308 e. The van der Waals surface area contributed by atoms with Crippen LogP contribution in [0.1, 0.15) is 57.1 Å². The highest BCUT2D eigenvalue weighted by Gasteiger charge is 2.26. The fourth-order valence-corrected chi connectivity index (χ4v) is 2.66. The number of aliphatic carboxylic acids is 1. The molecule has 2 heterocycles. The summed E-state index contributed by atoms with van der Waals surface area (Å²) in [6.07, 6.45) is 8.50. The highest BCUT2D eigenvalue weighted by atomic mass is 16.4. The number of carboxylic acids is 1. The Hall–Kier alpha value is -1.39. The molecule has 2 rings (SSSR count). The van der Waals surface area contributed by atoms with Crippen molar-refractivity contribution in [3.63, 3.8) is 0 Å². The van der Waals surface area contributed by atoms with Crippen molar-refractivity contribution in [2.45, 2.75) is 64.8 Å². The monoisotopic (exact) mass is 265 g/mol. The molecule has 0 aliphatic carbocycles. The Morgan fingerprint density at radius 2 is 2.11 bits per heavy atom. The standard InChI is InChI=1S/C14H23N3O2/c1-2-3-4-5-6-7-12-15-16-13-9-8-11(14(18)19)10-17(12)13/h11H,2-10H2,1H3,(H,18,19). The second-order valence-corrected chi connectivity index (χ2v) is 5.38. The summed E-state index contributed by atoms with van der Waals surface area (Å²) in [6.45, 7) is 2.75. The summed E-state index contributed by atoms with van der Waals surface area (Å²) in [4.78, 5) is 11.1. The Morgan fingerprint density at radius 1 is 1.32 bits per heavy atom. The first-order valence-electron chi connectivity index (χ1n) is 7.36. The van der Waals surface area contributed by atoms with E-state index in [1.807, 2.05) is 4.57 Å². The molecule has 19 heavy (non-hydrogen) atoms. The topological polar surface area (TPSA) is 68.0 Å². The second kappa shape index (κ2) is 6.68. The first kappa shape index (κ1) is 14.0. The van der Waals surface area contributed by atoms with E-state index in [9.17, 15) is 4.79 Å². The van der Waals surface area contributed by atoms with Crippen molar-refractivity contribution in [1.82, 2.24) is 14.8 Å². The zero-order valence-corrected chi connectivity index (χ0v) is 11.6. The average molecular weight is 265 g/mol. The minimum atomic E-state index is -0.701. The fraction of sp³-hybridized carbons (Fsp3) is 0.786. The third kappa shape index (κ3) is 3.55. The predicted molar refractivity (Wildman–Crippen MR) is 71.9 cm³/mol. The van der Waals surface area contributed by atoms with Crippen molar-refractivity contribution in [1.29, 1.82) is 0 Å². The molecule has 0 saturated heterocycles. The summed E-state index contributed by atoms with van der Waals surface area (Å²) in [5.74, 6) is 0.953. The molecular formula is C14H23N3O2. The van der Waals surface area contributed by atoms with Crippen LogP contribution in [0.4, 0.5) is 0 Å². The van der Waals surface area contributed by atoms with Gasteiger partial charge in [0.15, 0.2) is 0 Å². The molecule has 1 atom stereocenters. The van der Waals surface area contributed by atoms with Gasteiger partial charge in [0.2, 0.25) is 0 Å². The predicted octanol–water partition coefficient (Wildman–Crippen LogP) is 2.44. The summed E-state index contributed by atoms with van der Waals surface area (Å²) in [7, 11) is 0. The lowest BCUT2D eigenvalue weighted by molar-refractivity contribution is -0.142. The van der Waals surface area contributed by atoms with E-state index in [1.165, 1.54) is 25.7 Å². The van der Waals surface area contributed by atoms with Crippen LogP contribution in [0.5, 0.6) is 0 Å². The summed E-state index contributed by atoms with van der Waals surface area (Å²) >= 11 is 0. The van der Waals surface area contributed by atoms with E-state index in [2.05, 4.69) is 17.1 Å². The van der Waals surface area contributed by atoms with Crippen molar-refractivity contribution < 1.29 is 9.90 Å². The SMILES string of the molecule is CCCCCCCc1nnc2n1CC(C(=O)O)CC2. The zero-order valence-electron chi connectivity index (χ0n) is 11.6. The molecule has 0 fully saturated rings. The van der Waals surface area contributed by atoms with Crippen molar-refractivity contribution in [2.75, 3.05) is 0 Å². The van der Waals surface area contributed by atoms with Crippen molar-refractivity contribution in [3.8, 4) is 0 Å². The largest absolute Gasteiger partial charge is 0.481 e. The molecule has 5 nitrogen and oxygen atoms in total. The van der Waals surface area contributed by atoms with Crippen LogP contribution in [-0.2, 0) is 24.2 Å². The summed E-state index contributed by atoms with van der Waals surface area (Å²) in [5.41, 5.74) is 0. The highest BCUT2D eigenvalue weighted by molar-refractivity contribution is 5.70. The van der Waals surface area contributed by atoms with Gasteiger partial charge < -0.3 is 9.67 Å². The van der Waals surface area contributed by atoms with Gasteiger partial charge in [-0.15, -0.1) is 10.2 Å². The van der Waals surface area contributed by atoms with Crippen molar-refractivity contribution in [3.05, 3.63) is 11.6 Å². The van der Waals surface area contributed by atoms with Crippen molar-refractivity contribution in [2.24, 2.45) is 5.92 Å². The van der Waals surface area contributed by atoms with E-state index < -0.39 is 5.97 Å². The zero-order chi connectivity index (χ0) is 13.7. The van der Waals surface area contributed by atoms with Gasteiger partial charge in [-0.2, -0.15) is 0 Å². The van der Waals surface area contributed by atoms with Crippen LogP contribution in [0.2, 0.25) is 0 Å². The number of aryl methyl sites for hydroxylation is 2. The highest BCUT2D eigenvalue weighted by Crippen LogP contribution is 2.21. The first-order chi connectivity index (χ1) is 9.22. The lowest BCUT2D eigenvalue weighted by atomic mass is 9.99. The molecule has 1 N–H and O–H groups in total. The quantitative estimate of drug-likeness (QED) is 0.769. The summed E-state index contributed by atoms with van der Waals surface area (Å²) in [5, 5.41) is 17.5. The molecule has 0 bridgehead atoms. The number of nitrogens with zero attached hydrogens (tertiary/aromatic N) is 3. The fourth-order valence-electron chi connectivity index (χ4n) is 2.66. The van der Waals surface area contributed by atoms with Gasteiger partial charge in [0.05, 0.1) is 5.92 Å². The Bertz CT molecular complexity index is 428. The number of carboxylic acid groups (broad SMARTS) is 1. The van der Waals surface area contributed by atoms with Gasteiger partial charge in [-0.3, -0.25) is 4.79 Å². The molecule has 5 heteroatoms. The van der Waals surface area contributed by atoms with Gasteiger partial charge >= 0.3 is 5.97 Å². The van der Waals surface area contributed by atoms with E-state index >= 15 is 0 Å². The Balaban J connectivity index is 1.89. The van der Waals surface area contributed by atoms with Gasteiger partial charge in [-0.25, -0.2) is 0 Å². The van der Waals surface area contributed by atoms with E-state index in [0.29, 0.717) is 13.0 Å². The number of unbranched alkanes of at least 4 members (excludes halogenated alkanes) is 4. The Labute approximate surface area is 114 Å². The average Bonchev–Trinajstić information content (AvgIpc) is 2.81. The molecule has 0 aromatic carbocycles. The second-order valence-electron chi connectivity index (χ2n) is 5.38. The Morgan fingerprint density at radius 3 is 2.84 bits per heavy atom. The molecule has 106 valence electrons. The number of carbonyl (C=O) groups is 1. The third-order valence-electron chi connectivity index (χ3n) is 3.88. The van der Waals surface area contributed by atoms with E-state index in [0.717, 1.165) is 30.9 Å². The van der Waals surface area contributed by atoms with Crippen molar-refractivity contribution >= 4 is 5.97 Å². The van der Waals surface area contributed by atoms with E-state index in [-0.39, 0.29) is 5.92 Å². The number of fused-ring (bicyclic) bond motifs is 1. The maximum atomic E-state index is 11.1. The molecule has 0 amide bonds. The number of rotatable bonds is 7. The summed E-state index contributed by atoms with van der Waals surface area (Å²) in [6, 6.07) is 0. The van der Waals surface area contributed by atoms with Crippen LogP contribution in [0.25, 0.3) is 0 Å².